The van der Waals surface area contributed by atoms with E-state index in [1.807, 2.05) is 6.92 Å². The van der Waals surface area contributed by atoms with Crippen LogP contribution in [0.4, 0.5) is 4.39 Å². The summed E-state index contributed by atoms with van der Waals surface area (Å²) >= 11 is 0. The Hall–Kier alpha value is -1.58. The molecule has 0 spiro atoms. The monoisotopic (exact) mass is 277 g/mol. The Morgan fingerprint density at radius 1 is 1.40 bits per heavy atom. The molecular formula is C16H20FNO2. The summed E-state index contributed by atoms with van der Waals surface area (Å²) in [6.07, 6.45) is 5.00. The first kappa shape index (κ1) is 13.4. The van der Waals surface area contributed by atoms with E-state index in [-0.39, 0.29) is 17.4 Å². The molecule has 4 atom stereocenters. The topological polar surface area (TPSA) is 49.3 Å². The minimum atomic E-state index is -0.678. The van der Waals surface area contributed by atoms with Gasteiger partial charge in [0.25, 0.3) is 5.91 Å². The molecule has 1 aromatic carbocycles. The van der Waals surface area contributed by atoms with Gasteiger partial charge in [-0.3, -0.25) is 4.79 Å². The minimum absolute atomic E-state index is 0.0248. The van der Waals surface area contributed by atoms with E-state index in [2.05, 4.69) is 5.32 Å². The third kappa shape index (κ3) is 2.28. The van der Waals surface area contributed by atoms with Crippen LogP contribution < -0.4 is 5.32 Å². The lowest BCUT2D eigenvalue weighted by Gasteiger charge is -2.28. The molecule has 2 fully saturated rings. The Labute approximate surface area is 118 Å². The molecule has 108 valence electrons. The molecule has 0 radical (unpaired) electrons. The summed E-state index contributed by atoms with van der Waals surface area (Å²) in [6.45, 7) is 1.99. The molecule has 2 bridgehead atoms. The fraction of sp³-hybridized carbons (Fsp3) is 0.562. The number of halogens is 1. The number of benzene rings is 1. The summed E-state index contributed by atoms with van der Waals surface area (Å²) in [5, 5.41) is 12.5. The molecule has 4 heteroatoms. The molecule has 2 aliphatic carbocycles. The highest BCUT2D eigenvalue weighted by Crippen LogP contribution is 2.49. The molecule has 2 saturated carbocycles. The third-order valence-electron chi connectivity index (χ3n) is 5.01. The molecule has 1 amide bonds. The summed E-state index contributed by atoms with van der Waals surface area (Å²) in [5.74, 6) is 0.503. The van der Waals surface area contributed by atoms with E-state index in [9.17, 15) is 14.3 Å². The van der Waals surface area contributed by atoms with E-state index in [1.54, 1.807) is 0 Å². The van der Waals surface area contributed by atoms with Gasteiger partial charge in [0.2, 0.25) is 0 Å². The Kier molecular flexibility index (Phi) is 3.40. The molecule has 0 heterocycles. The van der Waals surface area contributed by atoms with Gasteiger partial charge in [-0.25, -0.2) is 4.39 Å². The fourth-order valence-electron chi connectivity index (χ4n) is 4.03. The van der Waals surface area contributed by atoms with Crippen molar-refractivity contribution in [1.82, 2.24) is 5.32 Å². The molecule has 0 aliphatic heterocycles. The number of hydrogen-bond donors (Lipinski definition) is 2. The largest absolute Gasteiger partial charge is 0.507 e. The van der Waals surface area contributed by atoms with Crippen LogP contribution in [0.25, 0.3) is 0 Å². The molecule has 20 heavy (non-hydrogen) atoms. The maximum Gasteiger partial charge on any atom is 0.258 e. The van der Waals surface area contributed by atoms with Gasteiger partial charge in [0.05, 0.1) is 0 Å². The smallest absolute Gasteiger partial charge is 0.258 e. The molecule has 0 aromatic heterocycles. The van der Waals surface area contributed by atoms with Crippen LogP contribution in [-0.2, 0) is 0 Å². The molecule has 3 rings (SSSR count). The second-order valence-corrected chi connectivity index (χ2v) is 6.23. The summed E-state index contributed by atoms with van der Waals surface area (Å²) in [7, 11) is 0. The Balaban J connectivity index is 1.70. The Bertz CT molecular complexity index is 511. The number of phenols is 1. The van der Waals surface area contributed by atoms with Gasteiger partial charge in [-0.15, -0.1) is 0 Å². The van der Waals surface area contributed by atoms with Gasteiger partial charge in [-0.2, -0.15) is 0 Å². The van der Waals surface area contributed by atoms with Gasteiger partial charge in [0.15, 0.2) is 0 Å². The predicted octanol–water partition coefficient (Wildman–Crippen LogP) is 3.09. The van der Waals surface area contributed by atoms with Crippen molar-refractivity contribution in [3.8, 4) is 5.75 Å². The van der Waals surface area contributed by atoms with E-state index in [0.717, 1.165) is 12.3 Å². The van der Waals surface area contributed by atoms with Crippen molar-refractivity contribution in [2.24, 2.45) is 17.8 Å². The van der Waals surface area contributed by atoms with Crippen molar-refractivity contribution in [2.45, 2.75) is 38.6 Å². The Morgan fingerprint density at radius 2 is 2.20 bits per heavy atom. The van der Waals surface area contributed by atoms with E-state index in [4.69, 9.17) is 0 Å². The number of hydrogen-bond acceptors (Lipinski definition) is 2. The van der Waals surface area contributed by atoms with Gasteiger partial charge >= 0.3 is 0 Å². The lowest BCUT2D eigenvalue weighted by molar-refractivity contribution is 0.0908. The number of rotatable bonds is 3. The first-order chi connectivity index (χ1) is 9.56. The van der Waals surface area contributed by atoms with Crippen LogP contribution >= 0.6 is 0 Å². The van der Waals surface area contributed by atoms with Gasteiger partial charge in [0, 0.05) is 6.04 Å². The minimum Gasteiger partial charge on any atom is -0.507 e. The van der Waals surface area contributed by atoms with Crippen LogP contribution in [0, 0.1) is 23.6 Å². The molecular weight excluding hydrogens is 257 g/mol. The molecule has 1 aromatic rings. The number of carbonyl (C=O) groups excluding carboxylic acids is 1. The average Bonchev–Trinajstić information content (AvgIpc) is 3.00. The maximum absolute atomic E-state index is 13.7. The number of carbonyl (C=O) groups is 1. The second kappa shape index (κ2) is 5.08. The zero-order chi connectivity index (χ0) is 14.3. The second-order valence-electron chi connectivity index (χ2n) is 6.23. The van der Waals surface area contributed by atoms with Crippen molar-refractivity contribution < 1.29 is 14.3 Å². The van der Waals surface area contributed by atoms with Gasteiger partial charge < -0.3 is 10.4 Å². The van der Waals surface area contributed by atoms with Crippen LogP contribution in [0.3, 0.4) is 0 Å². The van der Waals surface area contributed by atoms with E-state index < -0.39 is 11.7 Å². The van der Waals surface area contributed by atoms with Crippen LogP contribution in [0.1, 0.15) is 43.0 Å². The van der Waals surface area contributed by atoms with Crippen molar-refractivity contribution in [3.05, 3.63) is 29.6 Å². The summed E-state index contributed by atoms with van der Waals surface area (Å²) in [6, 6.07) is 3.94. The number of nitrogens with one attached hydrogen (secondary N) is 1. The van der Waals surface area contributed by atoms with Crippen molar-refractivity contribution in [3.63, 3.8) is 0 Å². The number of fused-ring (bicyclic) bond motifs is 2. The Morgan fingerprint density at radius 3 is 2.80 bits per heavy atom. The third-order valence-corrected chi connectivity index (χ3v) is 5.01. The highest BCUT2D eigenvalue weighted by Gasteiger charge is 2.42. The van der Waals surface area contributed by atoms with Crippen molar-refractivity contribution in [1.29, 1.82) is 0 Å². The zero-order valence-electron chi connectivity index (χ0n) is 11.6. The molecule has 2 aliphatic rings. The lowest BCUT2D eigenvalue weighted by Crippen LogP contribution is -2.40. The predicted molar refractivity (Wildman–Crippen MR) is 73.9 cm³/mol. The molecule has 3 nitrogen and oxygen atoms in total. The average molecular weight is 277 g/mol. The molecule has 4 unspecified atom stereocenters. The van der Waals surface area contributed by atoms with Gasteiger partial charge in [-0.1, -0.05) is 12.5 Å². The standard InChI is InChI=1S/C16H20FNO2/c1-9(12-8-10-5-6-11(12)7-10)18-16(20)15-13(17)3-2-4-14(15)19/h2-4,9-12,19H,5-8H2,1H3,(H,18,20). The van der Waals surface area contributed by atoms with Crippen LogP contribution in [-0.4, -0.2) is 17.1 Å². The van der Waals surface area contributed by atoms with E-state index >= 15 is 0 Å². The first-order valence-electron chi connectivity index (χ1n) is 7.34. The number of aromatic hydroxyl groups is 1. The van der Waals surface area contributed by atoms with Crippen LogP contribution in [0.2, 0.25) is 0 Å². The van der Waals surface area contributed by atoms with Crippen LogP contribution in [0.15, 0.2) is 18.2 Å². The summed E-state index contributed by atoms with van der Waals surface area (Å²) in [5.41, 5.74) is -0.248. The number of amides is 1. The molecule has 0 saturated heterocycles. The quantitative estimate of drug-likeness (QED) is 0.892. The lowest BCUT2D eigenvalue weighted by atomic mass is 9.84. The van der Waals surface area contributed by atoms with Crippen molar-refractivity contribution in [2.75, 3.05) is 0 Å². The molecule has 2 N–H and O–H groups in total. The SMILES string of the molecule is CC(NC(=O)c1c(O)cccc1F)C1CC2CCC1C2. The fourth-order valence-corrected chi connectivity index (χ4v) is 4.03. The normalized spacial score (nSPS) is 29.4. The summed E-state index contributed by atoms with van der Waals surface area (Å²) < 4.78 is 13.7. The first-order valence-corrected chi connectivity index (χ1v) is 7.34. The maximum atomic E-state index is 13.7. The van der Waals surface area contributed by atoms with Gasteiger partial charge in [0.1, 0.15) is 17.1 Å². The highest BCUT2D eigenvalue weighted by molar-refractivity contribution is 5.97. The number of phenolic OH excluding ortho intramolecular Hbond substituents is 1. The highest BCUT2D eigenvalue weighted by atomic mass is 19.1. The zero-order valence-corrected chi connectivity index (χ0v) is 11.6. The van der Waals surface area contributed by atoms with E-state index in [1.165, 1.54) is 37.5 Å². The summed E-state index contributed by atoms with van der Waals surface area (Å²) in [4.78, 5) is 12.1. The van der Waals surface area contributed by atoms with Crippen LogP contribution in [0.5, 0.6) is 5.75 Å². The van der Waals surface area contributed by atoms with Crippen molar-refractivity contribution >= 4 is 5.91 Å². The van der Waals surface area contributed by atoms with E-state index in [0.29, 0.717) is 11.8 Å². The van der Waals surface area contributed by atoms with Gasteiger partial charge in [-0.05, 0) is 56.1 Å².